The summed E-state index contributed by atoms with van der Waals surface area (Å²) in [6.45, 7) is 2.13. The van der Waals surface area contributed by atoms with Crippen LogP contribution >= 0.6 is 11.8 Å². The molecule has 4 bridgehead atoms. The molecule has 0 aromatic rings. The maximum Gasteiger partial charge on any atom is 0.0101 e. The fourth-order valence-corrected chi connectivity index (χ4v) is 6.02. The molecule has 1 atom stereocenters. The molecular formula is C14H25NS. The van der Waals surface area contributed by atoms with Crippen LogP contribution in [0.2, 0.25) is 0 Å². The second-order valence-electron chi connectivity index (χ2n) is 6.61. The Bertz CT molecular complexity index is 223. The first-order chi connectivity index (χ1) is 7.72. The molecule has 16 heavy (non-hydrogen) atoms. The fourth-order valence-electron chi connectivity index (χ4n) is 4.70. The van der Waals surface area contributed by atoms with Crippen molar-refractivity contribution in [2.45, 2.75) is 45.1 Å². The lowest BCUT2D eigenvalue weighted by Gasteiger charge is -2.54. The Labute approximate surface area is 104 Å². The van der Waals surface area contributed by atoms with E-state index in [-0.39, 0.29) is 0 Å². The van der Waals surface area contributed by atoms with Crippen molar-refractivity contribution < 1.29 is 0 Å². The maximum absolute atomic E-state index is 5.83. The largest absolute Gasteiger partial charge is 0.327 e. The first kappa shape index (κ1) is 11.4. The van der Waals surface area contributed by atoms with E-state index in [9.17, 15) is 0 Å². The summed E-state index contributed by atoms with van der Waals surface area (Å²) in [5.74, 6) is 8.04. The van der Waals surface area contributed by atoms with E-state index in [1.54, 1.807) is 32.1 Å². The van der Waals surface area contributed by atoms with Gasteiger partial charge < -0.3 is 5.73 Å². The average Bonchev–Trinajstić information content (AvgIpc) is 2.20. The molecule has 4 fully saturated rings. The molecule has 1 unspecified atom stereocenters. The second kappa shape index (κ2) is 4.53. The van der Waals surface area contributed by atoms with Gasteiger partial charge >= 0.3 is 0 Å². The van der Waals surface area contributed by atoms with Crippen molar-refractivity contribution in [2.75, 3.05) is 11.5 Å². The molecule has 2 N–H and O–H groups in total. The molecule has 0 heterocycles. The number of thioether (sulfide) groups is 1. The van der Waals surface area contributed by atoms with Gasteiger partial charge in [0.15, 0.2) is 0 Å². The van der Waals surface area contributed by atoms with E-state index >= 15 is 0 Å². The average molecular weight is 239 g/mol. The summed E-state index contributed by atoms with van der Waals surface area (Å²) in [6.07, 6.45) is 7.84. The minimum absolute atomic E-state index is 0.377. The standard InChI is InChI=1S/C14H25NS/c1-9(15)7-16-8-14-12-3-10-2-11(5-12)6-13(14)4-10/h9-14H,2-8,15H2,1H3. The maximum atomic E-state index is 5.83. The Balaban J connectivity index is 1.55. The van der Waals surface area contributed by atoms with Crippen LogP contribution in [0.4, 0.5) is 0 Å². The Morgan fingerprint density at radius 2 is 1.62 bits per heavy atom. The zero-order chi connectivity index (χ0) is 11.1. The summed E-state index contributed by atoms with van der Waals surface area (Å²) in [5, 5.41) is 0. The summed E-state index contributed by atoms with van der Waals surface area (Å²) in [5.41, 5.74) is 5.83. The molecule has 0 aromatic carbocycles. The van der Waals surface area contributed by atoms with Crippen LogP contribution in [-0.4, -0.2) is 17.5 Å². The number of rotatable bonds is 4. The van der Waals surface area contributed by atoms with E-state index in [1.807, 2.05) is 0 Å². The van der Waals surface area contributed by atoms with Crippen molar-refractivity contribution >= 4 is 11.8 Å². The SMILES string of the molecule is CC(N)CSCC1C2CC3CC(C2)CC1C3. The van der Waals surface area contributed by atoms with E-state index in [2.05, 4.69) is 18.7 Å². The van der Waals surface area contributed by atoms with Crippen LogP contribution < -0.4 is 5.73 Å². The third kappa shape index (κ3) is 2.15. The van der Waals surface area contributed by atoms with Gasteiger partial charge in [-0.05, 0) is 74.4 Å². The molecule has 2 heteroatoms. The quantitative estimate of drug-likeness (QED) is 0.815. The molecule has 0 aromatic heterocycles. The Hall–Kier alpha value is 0.310. The molecule has 0 amide bonds. The summed E-state index contributed by atoms with van der Waals surface area (Å²) in [7, 11) is 0. The lowest BCUT2D eigenvalue weighted by atomic mass is 9.52. The van der Waals surface area contributed by atoms with E-state index in [4.69, 9.17) is 5.73 Å². The van der Waals surface area contributed by atoms with E-state index in [0.29, 0.717) is 6.04 Å². The molecule has 1 nitrogen and oxygen atoms in total. The van der Waals surface area contributed by atoms with E-state index < -0.39 is 0 Å². The van der Waals surface area contributed by atoms with Gasteiger partial charge in [0.25, 0.3) is 0 Å². The van der Waals surface area contributed by atoms with Crippen LogP contribution in [0, 0.1) is 29.6 Å². The molecule has 0 saturated heterocycles. The highest BCUT2D eigenvalue weighted by Gasteiger charge is 2.47. The summed E-state index contributed by atoms with van der Waals surface area (Å²) in [4.78, 5) is 0. The number of nitrogens with two attached hydrogens (primary N) is 1. The van der Waals surface area contributed by atoms with Crippen molar-refractivity contribution in [2.24, 2.45) is 35.3 Å². The lowest BCUT2D eigenvalue weighted by molar-refractivity contribution is -0.0261. The van der Waals surface area contributed by atoms with Gasteiger partial charge in [-0.2, -0.15) is 11.8 Å². The van der Waals surface area contributed by atoms with Crippen LogP contribution in [0.25, 0.3) is 0 Å². The van der Waals surface area contributed by atoms with Gasteiger partial charge in [0.2, 0.25) is 0 Å². The molecule has 4 aliphatic rings. The van der Waals surface area contributed by atoms with Crippen molar-refractivity contribution in [3.63, 3.8) is 0 Å². The normalized spacial score (nSPS) is 47.2. The highest BCUT2D eigenvalue weighted by atomic mass is 32.2. The number of hydrogen-bond acceptors (Lipinski definition) is 2. The first-order valence-electron chi connectivity index (χ1n) is 7.05. The van der Waals surface area contributed by atoms with Gasteiger partial charge in [-0.3, -0.25) is 0 Å². The Morgan fingerprint density at radius 1 is 1.06 bits per heavy atom. The Kier molecular flexibility index (Phi) is 3.23. The van der Waals surface area contributed by atoms with Gasteiger partial charge in [0, 0.05) is 11.8 Å². The second-order valence-corrected chi connectivity index (χ2v) is 7.68. The van der Waals surface area contributed by atoms with Crippen LogP contribution in [0.5, 0.6) is 0 Å². The van der Waals surface area contributed by atoms with Crippen LogP contribution in [0.3, 0.4) is 0 Å². The van der Waals surface area contributed by atoms with Crippen LogP contribution in [0.15, 0.2) is 0 Å². The summed E-state index contributed by atoms with van der Waals surface area (Å²) < 4.78 is 0. The van der Waals surface area contributed by atoms with Gasteiger partial charge in [-0.15, -0.1) is 0 Å². The third-order valence-corrected chi connectivity index (χ3v) is 6.50. The summed E-state index contributed by atoms with van der Waals surface area (Å²) in [6, 6.07) is 0.377. The zero-order valence-corrected chi connectivity index (χ0v) is 11.2. The topological polar surface area (TPSA) is 26.0 Å². The molecule has 4 aliphatic carbocycles. The van der Waals surface area contributed by atoms with E-state index in [0.717, 1.165) is 35.3 Å². The van der Waals surface area contributed by atoms with Crippen molar-refractivity contribution in [1.29, 1.82) is 0 Å². The number of hydrogen-bond donors (Lipinski definition) is 1. The molecule has 92 valence electrons. The first-order valence-corrected chi connectivity index (χ1v) is 8.21. The highest BCUT2D eigenvalue weighted by molar-refractivity contribution is 7.99. The molecule has 0 aliphatic heterocycles. The van der Waals surface area contributed by atoms with Gasteiger partial charge in [-0.1, -0.05) is 0 Å². The Morgan fingerprint density at radius 3 is 2.12 bits per heavy atom. The molecule has 0 spiro atoms. The van der Waals surface area contributed by atoms with Crippen molar-refractivity contribution in [3.05, 3.63) is 0 Å². The van der Waals surface area contributed by atoms with Crippen LogP contribution in [0.1, 0.15) is 39.0 Å². The van der Waals surface area contributed by atoms with Gasteiger partial charge in [0.05, 0.1) is 0 Å². The fraction of sp³-hybridized carbons (Fsp3) is 1.00. The molecule has 0 radical (unpaired) electrons. The minimum atomic E-state index is 0.377. The van der Waals surface area contributed by atoms with Crippen molar-refractivity contribution in [3.8, 4) is 0 Å². The minimum Gasteiger partial charge on any atom is -0.327 e. The van der Waals surface area contributed by atoms with Crippen LogP contribution in [-0.2, 0) is 0 Å². The lowest BCUT2D eigenvalue weighted by Crippen LogP contribution is -2.46. The highest BCUT2D eigenvalue weighted by Crippen LogP contribution is 2.57. The monoisotopic (exact) mass is 239 g/mol. The molecule has 4 rings (SSSR count). The molecular weight excluding hydrogens is 214 g/mol. The van der Waals surface area contributed by atoms with Gasteiger partial charge in [-0.25, -0.2) is 0 Å². The smallest absolute Gasteiger partial charge is 0.0101 e. The van der Waals surface area contributed by atoms with Gasteiger partial charge in [0.1, 0.15) is 0 Å². The third-order valence-electron chi connectivity index (χ3n) is 5.11. The predicted octanol–water partition coefficient (Wildman–Crippen LogP) is 3.14. The predicted molar refractivity (Wildman–Crippen MR) is 71.5 cm³/mol. The molecule has 4 saturated carbocycles. The summed E-state index contributed by atoms with van der Waals surface area (Å²) >= 11 is 2.12. The zero-order valence-electron chi connectivity index (χ0n) is 10.4. The van der Waals surface area contributed by atoms with E-state index in [1.165, 1.54) is 5.75 Å². The van der Waals surface area contributed by atoms with Crippen molar-refractivity contribution in [1.82, 2.24) is 0 Å².